The van der Waals surface area contributed by atoms with Crippen molar-refractivity contribution in [2.45, 2.75) is 11.8 Å². The van der Waals surface area contributed by atoms with E-state index in [1.165, 1.54) is 0 Å². The van der Waals surface area contributed by atoms with Gasteiger partial charge in [0.15, 0.2) is 0 Å². The molecule has 0 amide bonds. The molecule has 2 nitrogen and oxygen atoms in total. The fourth-order valence-corrected chi connectivity index (χ4v) is 2.88. The molecular formula is C16H14BrClN2. The molecule has 2 rings (SSSR count). The van der Waals surface area contributed by atoms with Crippen LogP contribution in [-0.2, 0) is 5.33 Å². The van der Waals surface area contributed by atoms with Gasteiger partial charge in [0, 0.05) is 28.3 Å². The van der Waals surface area contributed by atoms with Gasteiger partial charge in [0.2, 0.25) is 0 Å². The van der Waals surface area contributed by atoms with Crippen LogP contribution < -0.4 is 4.90 Å². The third kappa shape index (κ3) is 3.53. The van der Waals surface area contributed by atoms with E-state index in [4.69, 9.17) is 16.9 Å². The number of anilines is 2. The Labute approximate surface area is 132 Å². The van der Waals surface area contributed by atoms with Crippen LogP contribution in [0.25, 0.3) is 0 Å². The second-order valence-corrected chi connectivity index (χ2v) is 5.27. The number of hydrogen-bond acceptors (Lipinski definition) is 2. The number of rotatable bonds is 5. The van der Waals surface area contributed by atoms with Crippen molar-refractivity contribution in [3.63, 3.8) is 0 Å². The second-order valence-electron chi connectivity index (χ2n) is 4.30. The molecule has 2 aromatic rings. The molecule has 0 atom stereocenters. The van der Waals surface area contributed by atoms with Crippen LogP contribution in [0.5, 0.6) is 0 Å². The van der Waals surface area contributed by atoms with E-state index in [9.17, 15) is 0 Å². The lowest BCUT2D eigenvalue weighted by atomic mass is 10.2. The zero-order chi connectivity index (χ0) is 14.4. The van der Waals surface area contributed by atoms with Crippen LogP contribution in [-0.4, -0.2) is 6.54 Å². The fourth-order valence-electron chi connectivity index (χ4n) is 1.99. The average Bonchev–Trinajstić information content (AvgIpc) is 2.49. The molecule has 20 heavy (non-hydrogen) atoms. The lowest BCUT2D eigenvalue weighted by Gasteiger charge is -2.24. The SMILES string of the molecule is N#CCCN(c1ccccc1)c1ccc(CBr)c(Cl)c1. The van der Waals surface area contributed by atoms with Crippen LogP contribution in [0.4, 0.5) is 11.4 Å². The molecule has 2 aromatic carbocycles. The number of nitrogens with zero attached hydrogens (tertiary/aromatic N) is 2. The molecule has 0 aromatic heterocycles. The molecule has 0 aliphatic rings. The third-order valence-electron chi connectivity index (χ3n) is 3.01. The highest BCUT2D eigenvalue weighted by Gasteiger charge is 2.10. The van der Waals surface area contributed by atoms with Gasteiger partial charge < -0.3 is 4.90 Å². The molecule has 4 heteroatoms. The first-order chi connectivity index (χ1) is 9.76. The Kier molecular flexibility index (Phi) is 5.46. The molecule has 0 N–H and O–H groups in total. The lowest BCUT2D eigenvalue weighted by Crippen LogP contribution is -2.18. The summed E-state index contributed by atoms with van der Waals surface area (Å²) in [5.74, 6) is 0. The summed E-state index contributed by atoms with van der Waals surface area (Å²) in [6, 6.07) is 18.2. The van der Waals surface area contributed by atoms with Crippen molar-refractivity contribution in [2.75, 3.05) is 11.4 Å². The van der Waals surface area contributed by atoms with Crippen LogP contribution in [0.2, 0.25) is 5.02 Å². The molecule has 0 radical (unpaired) electrons. The lowest BCUT2D eigenvalue weighted by molar-refractivity contribution is 0.948. The first kappa shape index (κ1) is 14.9. The summed E-state index contributed by atoms with van der Waals surface area (Å²) in [6.07, 6.45) is 0.465. The quantitative estimate of drug-likeness (QED) is 0.686. The maximum Gasteiger partial charge on any atom is 0.0640 e. The number of nitriles is 1. The van der Waals surface area contributed by atoms with Crippen LogP contribution in [0.1, 0.15) is 12.0 Å². The van der Waals surface area contributed by atoms with Gasteiger partial charge in [-0.15, -0.1) is 0 Å². The fraction of sp³-hybridized carbons (Fsp3) is 0.188. The number of halogens is 2. The average molecular weight is 350 g/mol. The number of hydrogen-bond donors (Lipinski definition) is 0. The molecule has 0 fully saturated rings. The minimum absolute atomic E-state index is 0.465. The molecule has 0 aliphatic heterocycles. The summed E-state index contributed by atoms with van der Waals surface area (Å²) in [6.45, 7) is 0.643. The van der Waals surface area contributed by atoms with Crippen molar-refractivity contribution in [2.24, 2.45) is 0 Å². The number of alkyl halides is 1. The van der Waals surface area contributed by atoms with Crippen molar-refractivity contribution in [3.05, 3.63) is 59.1 Å². The molecule has 0 saturated heterocycles. The third-order valence-corrected chi connectivity index (χ3v) is 3.96. The van der Waals surface area contributed by atoms with Crippen molar-refractivity contribution in [1.29, 1.82) is 5.26 Å². The van der Waals surface area contributed by atoms with E-state index in [0.717, 1.165) is 27.3 Å². The molecule has 102 valence electrons. The first-order valence-electron chi connectivity index (χ1n) is 6.30. The highest BCUT2D eigenvalue weighted by atomic mass is 79.9. The molecule has 0 heterocycles. The first-order valence-corrected chi connectivity index (χ1v) is 7.80. The highest BCUT2D eigenvalue weighted by molar-refractivity contribution is 9.08. The van der Waals surface area contributed by atoms with Crippen LogP contribution in [0.15, 0.2) is 48.5 Å². The minimum atomic E-state index is 0.465. The van der Waals surface area contributed by atoms with Gasteiger partial charge in [-0.05, 0) is 29.8 Å². The Bertz CT molecular complexity index is 608. The predicted octanol–water partition coefficient (Wildman–Crippen LogP) is 5.29. The van der Waals surface area contributed by atoms with Crippen LogP contribution in [0.3, 0.4) is 0 Å². The van der Waals surface area contributed by atoms with Crippen LogP contribution >= 0.6 is 27.5 Å². The monoisotopic (exact) mass is 348 g/mol. The summed E-state index contributed by atoms with van der Waals surface area (Å²) in [7, 11) is 0. The Balaban J connectivity index is 2.36. The molecule has 0 bridgehead atoms. The topological polar surface area (TPSA) is 27.0 Å². The maximum absolute atomic E-state index is 8.84. The molecule has 0 unspecified atom stereocenters. The van der Waals surface area contributed by atoms with E-state index in [1.807, 2.05) is 48.5 Å². The van der Waals surface area contributed by atoms with E-state index in [2.05, 4.69) is 26.9 Å². The van der Waals surface area contributed by atoms with E-state index in [1.54, 1.807) is 0 Å². The summed E-state index contributed by atoms with van der Waals surface area (Å²) in [4.78, 5) is 2.10. The summed E-state index contributed by atoms with van der Waals surface area (Å²) in [5, 5.41) is 10.3. The van der Waals surface area contributed by atoms with E-state index in [0.29, 0.717) is 13.0 Å². The highest BCUT2D eigenvalue weighted by Crippen LogP contribution is 2.30. The number of para-hydroxylation sites is 1. The summed E-state index contributed by atoms with van der Waals surface area (Å²) < 4.78 is 0. The van der Waals surface area contributed by atoms with Crippen molar-refractivity contribution < 1.29 is 0 Å². The molecule has 0 aliphatic carbocycles. The second kappa shape index (κ2) is 7.33. The van der Waals surface area contributed by atoms with Gasteiger partial charge >= 0.3 is 0 Å². The van der Waals surface area contributed by atoms with Gasteiger partial charge in [-0.25, -0.2) is 0 Å². The van der Waals surface area contributed by atoms with Gasteiger partial charge in [0.05, 0.1) is 12.5 Å². The Morgan fingerprint density at radius 2 is 1.85 bits per heavy atom. The maximum atomic E-state index is 8.84. The molecule has 0 saturated carbocycles. The molecular weight excluding hydrogens is 336 g/mol. The Morgan fingerprint density at radius 3 is 2.45 bits per heavy atom. The van der Waals surface area contributed by atoms with Gasteiger partial charge in [0.1, 0.15) is 0 Å². The van der Waals surface area contributed by atoms with Crippen LogP contribution in [0, 0.1) is 11.3 Å². The van der Waals surface area contributed by atoms with Gasteiger partial charge in [-0.2, -0.15) is 5.26 Å². The summed E-state index contributed by atoms with van der Waals surface area (Å²) >= 11 is 9.69. The Hall–Kier alpha value is -1.50. The normalized spacial score (nSPS) is 10.1. The van der Waals surface area contributed by atoms with Crippen molar-refractivity contribution in [3.8, 4) is 6.07 Å². The molecule has 0 spiro atoms. The van der Waals surface area contributed by atoms with Gasteiger partial charge in [-0.1, -0.05) is 51.8 Å². The largest absolute Gasteiger partial charge is 0.340 e. The zero-order valence-corrected chi connectivity index (χ0v) is 13.2. The summed E-state index contributed by atoms with van der Waals surface area (Å²) in [5.41, 5.74) is 3.12. The van der Waals surface area contributed by atoms with Crippen molar-refractivity contribution >= 4 is 38.9 Å². The smallest absolute Gasteiger partial charge is 0.0640 e. The van der Waals surface area contributed by atoms with Gasteiger partial charge in [0.25, 0.3) is 0 Å². The standard InChI is InChI=1S/C16H14BrClN2/c17-12-13-7-8-15(11-16(13)18)20(10-4-9-19)14-5-2-1-3-6-14/h1-3,5-8,11H,4,10,12H2. The van der Waals surface area contributed by atoms with E-state index in [-0.39, 0.29) is 0 Å². The van der Waals surface area contributed by atoms with E-state index >= 15 is 0 Å². The zero-order valence-electron chi connectivity index (χ0n) is 10.9. The Morgan fingerprint density at radius 1 is 1.10 bits per heavy atom. The van der Waals surface area contributed by atoms with E-state index < -0.39 is 0 Å². The minimum Gasteiger partial charge on any atom is -0.340 e. The van der Waals surface area contributed by atoms with Crippen molar-refractivity contribution in [1.82, 2.24) is 0 Å². The van der Waals surface area contributed by atoms with Gasteiger partial charge in [-0.3, -0.25) is 0 Å². The number of benzene rings is 2. The predicted molar refractivity (Wildman–Crippen MR) is 87.8 cm³/mol.